The Hall–Kier alpha value is -3.48. The highest BCUT2D eigenvalue weighted by molar-refractivity contribution is 6.02. The van der Waals surface area contributed by atoms with Crippen LogP contribution >= 0.6 is 0 Å². The molecular weight excluding hydrogens is 369 g/mol. The highest BCUT2D eigenvalue weighted by Crippen LogP contribution is 2.20. The number of benzene rings is 2. The number of rotatable bonds is 4. The Bertz CT molecular complexity index is 983. The number of nitrogens with one attached hydrogen (secondary N) is 1. The first-order valence-corrected chi connectivity index (χ1v) is 9.54. The second kappa shape index (κ2) is 8.26. The summed E-state index contributed by atoms with van der Waals surface area (Å²) in [5.41, 5.74) is 3.22. The number of carbonyl (C=O) groups is 1. The Balaban J connectivity index is 1.36. The Kier molecular flexibility index (Phi) is 5.37. The summed E-state index contributed by atoms with van der Waals surface area (Å²) in [6.07, 6.45) is 3.10. The van der Waals surface area contributed by atoms with Gasteiger partial charge in [0.25, 0.3) is 5.91 Å². The van der Waals surface area contributed by atoms with Crippen molar-refractivity contribution in [2.24, 2.45) is 0 Å². The average Bonchev–Trinajstić information content (AvgIpc) is 2.75. The number of anilines is 3. The second-order valence-electron chi connectivity index (χ2n) is 7.03. The van der Waals surface area contributed by atoms with E-state index in [-0.39, 0.29) is 17.4 Å². The Labute approximate surface area is 169 Å². The van der Waals surface area contributed by atoms with Crippen LogP contribution < -0.4 is 15.1 Å². The molecule has 0 spiro atoms. The van der Waals surface area contributed by atoms with Crippen LogP contribution in [0.3, 0.4) is 0 Å². The van der Waals surface area contributed by atoms with Crippen LogP contribution in [0.5, 0.6) is 0 Å². The van der Waals surface area contributed by atoms with Crippen LogP contribution in [-0.4, -0.2) is 42.1 Å². The lowest BCUT2D eigenvalue weighted by Gasteiger charge is -2.36. The molecule has 29 heavy (non-hydrogen) atoms. The van der Waals surface area contributed by atoms with E-state index in [0.29, 0.717) is 5.69 Å². The largest absolute Gasteiger partial charge is 0.368 e. The smallest absolute Gasteiger partial charge is 0.275 e. The number of aryl methyl sites for hydroxylation is 1. The van der Waals surface area contributed by atoms with Gasteiger partial charge in [-0.1, -0.05) is 12.1 Å². The number of aromatic nitrogens is 2. The number of piperazine rings is 1. The van der Waals surface area contributed by atoms with E-state index >= 15 is 0 Å². The Morgan fingerprint density at radius 3 is 2.34 bits per heavy atom. The van der Waals surface area contributed by atoms with Crippen molar-refractivity contribution in [3.05, 3.63) is 78.0 Å². The van der Waals surface area contributed by atoms with Gasteiger partial charge < -0.3 is 15.1 Å². The van der Waals surface area contributed by atoms with Crippen LogP contribution in [0.25, 0.3) is 0 Å². The molecule has 0 bridgehead atoms. The third kappa shape index (κ3) is 4.51. The molecule has 4 rings (SSSR count). The van der Waals surface area contributed by atoms with E-state index in [1.807, 2.05) is 0 Å². The minimum atomic E-state index is -0.375. The lowest BCUT2D eigenvalue weighted by Crippen LogP contribution is -2.46. The highest BCUT2D eigenvalue weighted by Gasteiger charge is 2.19. The predicted octanol–water partition coefficient (Wildman–Crippen LogP) is 3.50. The van der Waals surface area contributed by atoms with Gasteiger partial charge in [-0.25, -0.2) is 14.4 Å². The van der Waals surface area contributed by atoms with E-state index in [9.17, 15) is 9.18 Å². The molecule has 3 aromatic rings. The molecule has 2 heterocycles. The van der Waals surface area contributed by atoms with E-state index in [0.717, 1.165) is 32.0 Å². The maximum absolute atomic E-state index is 13.0. The normalized spacial score (nSPS) is 14.0. The predicted molar refractivity (Wildman–Crippen MR) is 112 cm³/mol. The number of carbonyl (C=O) groups excluding carboxylic acids is 1. The standard InChI is InChI=1S/C22H22FN5O/c1-16-3-2-4-19(13-16)27-9-11-28(12-10-27)21-15-24-20(14-25-21)22(29)26-18-7-5-17(23)6-8-18/h2-8,13-15H,9-12H2,1H3,(H,26,29). The van der Waals surface area contributed by atoms with Gasteiger partial charge in [0.15, 0.2) is 0 Å². The van der Waals surface area contributed by atoms with Crippen LogP contribution in [0.2, 0.25) is 0 Å². The van der Waals surface area contributed by atoms with E-state index < -0.39 is 0 Å². The summed E-state index contributed by atoms with van der Waals surface area (Å²) in [7, 11) is 0. The van der Waals surface area contributed by atoms with E-state index in [2.05, 4.69) is 56.3 Å². The first-order valence-electron chi connectivity index (χ1n) is 9.54. The molecule has 1 amide bonds. The maximum atomic E-state index is 13.0. The molecule has 1 aliphatic rings. The Morgan fingerprint density at radius 1 is 0.966 bits per heavy atom. The van der Waals surface area contributed by atoms with Crippen molar-refractivity contribution >= 4 is 23.1 Å². The van der Waals surface area contributed by atoms with Crippen LogP contribution in [0.4, 0.5) is 21.6 Å². The van der Waals surface area contributed by atoms with Gasteiger partial charge in [-0.3, -0.25) is 4.79 Å². The van der Waals surface area contributed by atoms with Gasteiger partial charge in [-0.2, -0.15) is 0 Å². The zero-order valence-corrected chi connectivity index (χ0v) is 16.2. The molecule has 2 aromatic carbocycles. The van der Waals surface area contributed by atoms with Crippen molar-refractivity contribution in [1.82, 2.24) is 9.97 Å². The summed E-state index contributed by atoms with van der Waals surface area (Å²) in [6, 6.07) is 14.1. The maximum Gasteiger partial charge on any atom is 0.275 e. The third-order valence-electron chi connectivity index (χ3n) is 4.94. The molecule has 6 nitrogen and oxygen atoms in total. The summed E-state index contributed by atoms with van der Waals surface area (Å²) >= 11 is 0. The number of halogens is 1. The SMILES string of the molecule is Cc1cccc(N2CCN(c3cnc(C(=O)Nc4ccc(F)cc4)cn3)CC2)c1. The van der Waals surface area contributed by atoms with Gasteiger partial charge in [0.05, 0.1) is 12.4 Å². The van der Waals surface area contributed by atoms with E-state index in [4.69, 9.17) is 0 Å². The van der Waals surface area contributed by atoms with Crippen LogP contribution in [-0.2, 0) is 0 Å². The fraction of sp³-hybridized carbons (Fsp3) is 0.227. The van der Waals surface area contributed by atoms with Gasteiger partial charge in [0.2, 0.25) is 0 Å². The summed E-state index contributed by atoms with van der Waals surface area (Å²) < 4.78 is 13.0. The van der Waals surface area contributed by atoms with Gasteiger partial charge in [0.1, 0.15) is 17.3 Å². The van der Waals surface area contributed by atoms with Gasteiger partial charge in [-0.15, -0.1) is 0 Å². The Morgan fingerprint density at radius 2 is 1.69 bits per heavy atom. The van der Waals surface area contributed by atoms with Gasteiger partial charge in [-0.05, 0) is 48.9 Å². The summed E-state index contributed by atoms with van der Waals surface area (Å²) in [5, 5.41) is 2.68. The molecule has 1 aliphatic heterocycles. The summed E-state index contributed by atoms with van der Waals surface area (Å²) in [6.45, 7) is 5.58. The molecule has 1 saturated heterocycles. The molecule has 1 aromatic heterocycles. The topological polar surface area (TPSA) is 61.4 Å². The molecule has 0 atom stereocenters. The number of hydrogen-bond acceptors (Lipinski definition) is 5. The molecule has 1 N–H and O–H groups in total. The average molecular weight is 391 g/mol. The van der Waals surface area contributed by atoms with Crippen molar-refractivity contribution in [2.45, 2.75) is 6.92 Å². The lowest BCUT2D eigenvalue weighted by molar-refractivity contribution is 0.102. The van der Waals surface area contributed by atoms with E-state index in [1.165, 1.54) is 41.7 Å². The lowest BCUT2D eigenvalue weighted by atomic mass is 10.2. The second-order valence-corrected chi connectivity index (χ2v) is 7.03. The first-order chi connectivity index (χ1) is 14.1. The zero-order valence-electron chi connectivity index (χ0n) is 16.2. The van der Waals surface area contributed by atoms with Crippen molar-refractivity contribution < 1.29 is 9.18 Å². The van der Waals surface area contributed by atoms with Crippen LogP contribution in [0, 0.1) is 12.7 Å². The van der Waals surface area contributed by atoms with Crippen molar-refractivity contribution in [3.8, 4) is 0 Å². The van der Waals surface area contributed by atoms with Crippen LogP contribution in [0.15, 0.2) is 60.9 Å². The highest BCUT2D eigenvalue weighted by atomic mass is 19.1. The molecule has 0 saturated carbocycles. The molecule has 0 radical (unpaired) electrons. The molecule has 0 aliphatic carbocycles. The van der Waals surface area contributed by atoms with Gasteiger partial charge >= 0.3 is 0 Å². The fourth-order valence-corrected chi connectivity index (χ4v) is 3.35. The number of nitrogens with zero attached hydrogens (tertiary/aromatic N) is 4. The monoisotopic (exact) mass is 391 g/mol. The third-order valence-corrected chi connectivity index (χ3v) is 4.94. The minimum Gasteiger partial charge on any atom is -0.368 e. The van der Waals surface area contributed by atoms with Crippen molar-refractivity contribution in [2.75, 3.05) is 41.3 Å². The summed E-state index contributed by atoms with van der Waals surface area (Å²) in [5.74, 6) is 0.0294. The molecule has 0 unspecified atom stereocenters. The molecule has 7 heteroatoms. The molecular formula is C22H22FN5O. The van der Waals surface area contributed by atoms with Crippen molar-refractivity contribution in [3.63, 3.8) is 0 Å². The zero-order chi connectivity index (χ0) is 20.2. The van der Waals surface area contributed by atoms with Crippen molar-refractivity contribution in [1.29, 1.82) is 0 Å². The fourth-order valence-electron chi connectivity index (χ4n) is 3.35. The number of hydrogen-bond donors (Lipinski definition) is 1. The van der Waals surface area contributed by atoms with Gasteiger partial charge in [0, 0.05) is 37.6 Å². The van der Waals surface area contributed by atoms with Crippen LogP contribution in [0.1, 0.15) is 16.1 Å². The quantitative estimate of drug-likeness (QED) is 0.738. The number of amides is 1. The summed E-state index contributed by atoms with van der Waals surface area (Å²) in [4.78, 5) is 25.5. The first kappa shape index (κ1) is 18.9. The minimum absolute atomic E-state index is 0.219. The molecule has 148 valence electrons. The van der Waals surface area contributed by atoms with E-state index in [1.54, 1.807) is 6.20 Å². The molecule has 1 fully saturated rings.